The highest BCUT2D eigenvalue weighted by molar-refractivity contribution is 5.74. The smallest absolute Gasteiger partial charge is 0.318 e. The van der Waals surface area contributed by atoms with Gasteiger partial charge in [0.1, 0.15) is 5.82 Å². The second-order valence-corrected chi connectivity index (χ2v) is 5.78. The van der Waals surface area contributed by atoms with Crippen LogP contribution in [-0.2, 0) is 0 Å². The summed E-state index contributed by atoms with van der Waals surface area (Å²) < 4.78 is 13.0. The number of halogens is 1. The van der Waals surface area contributed by atoms with Crippen molar-refractivity contribution in [2.45, 2.75) is 0 Å². The number of nitrogens with one attached hydrogen (secondary N) is 1. The lowest BCUT2D eigenvalue weighted by atomic mass is 10.2. The maximum absolute atomic E-state index is 13.0. The van der Waals surface area contributed by atoms with Gasteiger partial charge < -0.3 is 15.1 Å². The second-order valence-electron chi connectivity index (χ2n) is 5.78. The Balaban J connectivity index is 1.44. The van der Waals surface area contributed by atoms with Crippen LogP contribution < -0.4 is 10.2 Å². The van der Waals surface area contributed by atoms with Crippen molar-refractivity contribution < 1.29 is 9.18 Å². The van der Waals surface area contributed by atoms with Crippen LogP contribution in [0.1, 0.15) is 5.56 Å². The summed E-state index contributed by atoms with van der Waals surface area (Å²) >= 11 is 0. The lowest BCUT2D eigenvalue weighted by Gasteiger charge is -2.36. The van der Waals surface area contributed by atoms with E-state index in [0.29, 0.717) is 19.6 Å². The first-order valence-electron chi connectivity index (χ1n) is 8.29. The fraction of sp³-hybridized carbons (Fsp3) is 0.250. The monoisotopic (exact) mass is 337 g/mol. The minimum Gasteiger partial charge on any atom is -0.368 e. The van der Waals surface area contributed by atoms with Crippen molar-refractivity contribution in [3.05, 3.63) is 66.0 Å². The highest BCUT2D eigenvalue weighted by atomic mass is 19.1. The Morgan fingerprint density at radius 1 is 1.00 bits per heavy atom. The zero-order chi connectivity index (χ0) is 17.5. The highest BCUT2D eigenvalue weighted by Gasteiger charge is 2.20. The fourth-order valence-corrected chi connectivity index (χ4v) is 2.72. The molecule has 2 aromatic carbocycles. The van der Waals surface area contributed by atoms with Gasteiger partial charge in [0.05, 0.1) is 6.54 Å². The first-order chi connectivity index (χ1) is 12.2. The first kappa shape index (κ1) is 16.8. The predicted molar refractivity (Wildman–Crippen MR) is 96.9 cm³/mol. The molecule has 0 bridgehead atoms. The van der Waals surface area contributed by atoms with Crippen LogP contribution in [0.5, 0.6) is 0 Å². The zero-order valence-electron chi connectivity index (χ0n) is 13.9. The van der Waals surface area contributed by atoms with E-state index < -0.39 is 0 Å². The number of anilines is 1. The SMILES string of the molecule is O=C(NCC#Cc1ccccc1)N1CCN(c2ccc(F)cc2)CC1. The molecule has 128 valence electrons. The van der Waals surface area contributed by atoms with Gasteiger partial charge in [-0.1, -0.05) is 30.0 Å². The molecule has 0 radical (unpaired) electrons. The lowest BCUT2D eigenvalue weighted by molar-refractivity contribution is 0.195. The number of nitrogens with zero attached hydrogens (tertiary/aromatic N) is 2. The Kier molecular flexibility index (Phi) is 5.53. The van der Waals surface area contributed by atoms with E-state index in [2.05, 4.69) is 22.1 Å². The van der Waals surface area contributed by atoms with Crippen LogP contribution in [0.4, 0.5) is 14.9 Å². The number of hydrogen-bond acceptors (Lipinski definition) is 2. The molecule has 25 heavy (non-hydrogen) atoms. The minimum atomic E-state index is -0.238. The van der Waals surface area contributed by atoms with Crippen LogP contribution in [0, 0.1) is 17.7 Å². The van der Waals surface area contributed by atoms with Gasteiger partial charge in [0.2, 0.25) is 0 Å². The summed E-state index contributed by atoms with van der Waals surface area (Å²) in [5.41, 5.74) is 1.92. The van der Waals surface area contributed by atoms with Crippen LogP contribution in [-0.4, -0.2) is 43.7 Å². The van der Waals surface area contributed by atoms with Crippen LogP contribution in [0.2, 0.25) is 0 Å². The number of carbonyl (C=O) groups is 1. The van der Waals surface area contributed by atoms with Gasteiger partial charge in [-0.25, -0.2) is 9.18 Å². The zero-order valence-corrected chi connectivity index (χ0v) is 13.9. The molecule has 1 N–H and O–H groups in total. The van der Waals surface area contributed by atoms with Crippen molar-refractivity contribution in [2.24, 2.45) is 0 Å². The molecule has 0 saturated carbocycles. The number of carbonyl (C=O) groups excluding carboxylic acids is 1. The number of benzene rings is 2. The van der Waals surface area contributed by atoms with Gasteiger partial charge in [0.25, 0.3) is 0 Å². The van der Waals surface area contributed by atoms with E-state index in [-0.39, 0.29) is 11.8 Å². The molecule has 5 heteroatoms. The molecule has 3 rings (SSSR count). The molecule has 1 heterocycles. The number of amides is 2. The summed E-state index contributed by atoms with van der Waals surface area (Å²) in [6, 6.07) is 16.0. The van der Waals surface area contributed by atoms with Crippen LogP contribution in [0.15, 0.2) is 54.6 Å². The Morgan fingerprint density at radius 2 is 1.68 bits per heavy atom. The lowest BCUT2D eigenvalue weighted by Crippen LogP contribution is -2.51. The molecule has 0 spiro atoms. The number of piperazine rings is 1. The Morgan fingerprint density at radius 3 is 2.36 bits per heavy atom. The van der Waals surface area contributed by atoms with Crippen molar-refractivity contribution in [3.8, 4) is 11.8 Å². The molecule has 0 aliphatic carbocycles. The summed E-state index contributed by atoms with van der Waals surface area (Å²) in [5, 5.41) is 2.83. The Labute approximate surface area is 147 Å². The van der Waals surface area contributed by atoms with Crippen LogP contribution in [0.25, 0.3) is 0 Å². The van der Waals surface area contributed by atoms with E-state index in [1.165, 1.54) is 12.1 Å². The highest BCUT2D eigenvalue weighted by Crippen LogP contribution is 2.16. The molecule has 2 amide bonds. The van der Waals surface area contributed by atoms with E-state index in [1.54, 1.807) is 17.0 Å². The number of urea groups is 1. The molecular weight excluding hydrogens is 317 g/mol. The third kappa shape index (κ3) is 4.74. The predicted octanol–water partition coefficient (Wildman–Crippen LogP) is 2.71. The van der Waals surface area contributed by atoms with Gasteiger partial charge in [0, 0.05) is 37.4 Å². The van der Waals surface area contributed by atoms with E-state index in [4.69, 9.17) is 0 Å². The van der Waals surface area contributed by atoms with Crippen molar-refractivity contribution in [1.29, 1.82) is 0 Å². The van der Waals surface area contributed by atoms with Gasteiger partial charge in [-0.05, 0) is 36.4 Å². The minimum absolute atomic E-state index is 0.0962. The van der Waals surface area contributed by atoms with Crippen molar-refractivity contribution in [2.75, 3.05) is 37.6 Å². The third-order valence-electron chi connectivity index (χ3n) is 4.09. The van der Waals surface area contributed by atoms with Gasteiger partial charge in [0.15, 0.2) is 0 Å². The molecule has 0 unspecified atom stereocenters. The summed E-state index contributed by atoms with van der Waals surface area (Å²) in [6.07, 6.45) is 0. The molecule has 0 aromatic heterocycles. The van der Waals surface area contributed by atoms with Gasteiger partial charge in [-0.2, -0.15) is 0 Å². The average Bonchev–Trinajstić information content (AvgIpc) is 2.67. The van der Waals surface area contributed by atoms with Crippen molar-refractivity contribution in [1.82, 2.24) is 10.2 Å². The largest absolute Gasteiger partial charge is 0.368 e. The summed E-state index contributed by atoms with van der Waals surface area (Å²) in [6.45, 7) is 3.06. The standard InChI is InChI=1S/C20H20FN3O/c21-18-8-10-19(11-9-18)23-13-15-24(16-14-23)20(25)22-12-4-7-17-5-2-1-3-6-17/h1-3,5-6,8-11H,12-16H2,(H,22,25). The maximum Gasteiger partial charge on any atom is 0.318 e. The molecule has 1 aliphatic heterocycles. The normalized spacial score (nSPS) is 13.8. The third-order valence-corrected chi connectivity index (χ3v) is 4.09. The summed E-state index contributed by atoms with van der Waals surface area (Å²) in [4.78, 5) is 16.1. The Bertz CT molecular complexity index is 757. The molecule has 2 aromatic rings. The number of hydrogen-bond donors (Lipinski definition) is 1. The molecule has 0 atom stereocenters. The van der Waals surface area contributed by atoms with E-state index in [0.717, 1.165) is 24.3 Å². The van der Waals surface area contributed by atoms with E-state index >= 15 is 0 Å². The summed E-state index contributed by atoms with van der Waals surface area (Å²) in [5.74, 6) is 5.73. The molecule has 1 saturated heterocycles. The van der Waals surface area contributed by atoms with Crippen LogP contribution in [0.3, 0.4) is 0 Å². The second kappa shape index (κ2) is 8.20. The van der Waals surface area contributed by atoms with E-state index in [1.807, 2.05) is 30.3 Å². The maximum atomic E-state index is 13.0. The molecule has 1 fully saturated rings. The molecule has 4 nitrogen and oxygen atoms in total. The summed E-state index contributed by atoms with van der Waals surface area (Å²) in [7, 11) is 0. The quantitative estimate of drug-likeness (QED) is 0.856. The Hall–Kier alpha value is -3.00. The van der Waals surface area contributed by atoms with E-state index in [9.17, 15) is 9.18 Å². The van der Waals surface area contributed by atoms with Gasteiger partial charge in [-0.15, -0.1) is 0 Å². The topological polar surface area (TPSA) is 35.6 Å². The first-order valence-corrected chi connectivity index (χ1v) is 8.29. The number of rotatable bonds is 2. The average molecular weight is 337 g/mol. The van der Waals surface area contributed by atoms with Crippen molar-refractivity contribution in [3.63, 3.8) is 0 Å². The van der Waals surface area contributed by atoms with Gasteiger partial charge in [-0.3, -0.25) is 0 Å². The van der Waals surface area contributed by atoms with Gasteiger partial charge >= 0.3 is 6.03 Å². The molecule has 1 aliphatic rings. The van der Waals surface area contributed by atoms with Crippen LogP contribution >= 0.6 is 0 Å². The fourth-order valence-electron chi connectivity index (χ4n) is 2.72. The molecular formula is C20H20FN3O. The van der Waals surface area contributed by atoms with Crippen molar-refractivity contribution >= 4 is 11.7 Å².